The Labute approximate surface area is 179 Å². The Balaban J connectivity index is 1.38. The molecule has 1 amide bonds. The first-order valence-electron chi connectivity index (χ1n) is 11.5. The molecule has 5 rings (SSSR count). The number of piperazine rings is 1. The van der Waals surface area contributed by atoms with Crippen LogP contribution in [0.2, 0.25) is 0 Å². The number of carbonyl (C=O) groups excluding carboxylic acids is 1. The molecule has 0 bridgehead atoms. The molecule has 0 unspecified atom stereocenters. The standard InChI is InChI=1S/C25H32N4O/c1-17-6-8-19(9-7-17)16-22-18(2)26-23(20-10-11-20)27-24(22)28-12-14-29(15-13-28)25(30)21-4-3-5-21/h6-9,20-21H,3-5,10-16H2,1-2H3. The molecule has 2 aromatic rings. The molecule has 5 nitrogen and oxygen atoms in total. The highest BCUT2D eigenvalue weighted by Gasteiger charge is 2.33. The zero-order valence-electron chi connectivity index (χ0n) is 18.2. The number of nitrogens with zero attached hydrogens (tertiary/aromatic N) is 4. The van der Waals surface area contributed by atoms with E-state index in [1.54, 1.807) is 0 Å². The molecular formula is C25H32N4O. The summed E-state index contributed by atoms with van der Waals surface area (Å²) in [6, 6.07) is 8.77. The first kappa shape index (κ1) is 19.5. The highest BCUT2D eigenvalue weighted by atomic mass is 16.2. The first-order valence-corrected chi connectivity index (χ1v) is 11.5. The number of hydrogen-bond acceptors (Lipinski definition) is 4. The van der Waals surface area contributed by atoms with Gasteiger partial charge in [-0.25, -0.2) is 9.97 Å². The predicted molar refractivity (Wildman–Crippen MR) is 119 cm³/mol. The average Bonchev–Trinajstić information content (AvgIpc) is 3.55. The van der Waals surface area contributed by atoms with Gasteiger partial charge in [-0.2, -0.15) is 0 Å². The van der Waals surface area contributed by atoms with Crippen LogP contribution in [0.25, 0.3) is 0 Å². The predicted octanol–water partition coefficient (Wildman–Crippen LogP) is 4.01. The molecule has 2 heterocycles. The summed E-state index contributed by atoms with van der Waals surface area (Å²) >= 11 is 0. The van der Waals surface area contributed by atoms with E-state index in [2.05, 4.69) is 47.9 Å². The van der Waals surface area contributed by atoms with Gasteiger partial charge in [0.1, 0.15) is 11.6 Å². The molecule has 30 heavy (non-hydrogen) atoms. The van der Waals surface area contributed by atoms with Crippen molar-refractivity contribution in [1.82, 2.24) is 14.9 Å². The molecule has 0 spiro atoms. The van der Waals surface area contributed by atoms with Crippen molar-refractivity contribution in [2.24, 2.45) is 5.92 Å². The number of aromatic nitrogens is 2. The third-order valence-electron chi connectivity index (χ3n) is 7.00. The largest absolute Gasteiger partial charge is 0.353 e. The lowest BCUT2D eigenvalue weighted by Gasteiger charge is -2.39. The summed E-state index contributed by atoms with van der Waals surface area (Å²) in [6.45, 7) is 7.59. The highest BCUT2D eigenvalue weighted by Crippen LogP contribution is 2.40. The molecule has 2 aliphatic carbocycles. The van der Waals surface area contributed by atoms with Gasteiger partial charge in [0.15, 0.2) is 0 Å². The lowest BCUT2D eigenvalue weighted by Crippen LogP contribution is -2.51. The molecule has 0 atom stereocenters. The summed E-state index contributed by atoms with van der Waals surface area (Å²) in [7, 11) is 0. The van der Waals surface area contributed by atoms with E-state index < -0.39 is 0 Å². The van der Waals surface area contributed by atoms with E-state index in [-0.39, 0.29) is 5.92 Å². The van der Waals surface area contributed by atoms with Crippen LogP contribution in [0.5, 0.6) is 0 Å². The van der Waals surface area contributed by atoms with Crippen molar-refractivity contribution in [3.05, 3.63) is 52.5 Å². The summed E-state index contributed by atoms with van der Waals surface area (Å²) in [6.07, 6.45) is 6.64. The van der Waals surface area contributed by atoms with E-state index in [1.807, 2.05) is 0 Å². The van der Waals surface area contributed by atoms with Crippen molar-refractivity contribution in [3.8, 4) is 0 Å². The van der Waals surface area contributed by atoms with Gasteiger partial charge in [0, 0.05) is 55.7 Å². The van der Waals surface area contributed by atoms with Crippen molar-refractivity contribution in [2.45, 2.75) is 58.3 Å². The second-order valence-corrected chi connectivity index (χ2v) is 9.35. The van der Waals surface area contributed by atoms with Crippen molar-refractivity contribution in [3.63, 3.8) is 0 Å². The molecule has 1 saturated heterocycles. The topological polar surface area (TPSA) is 49.3 Å². The fourth-order valence-corrected chi connectivity index (χ4v) is 4.56. The molecule has 0 radical (unpaired) electrons. The van der Waals surface area contributed by atoms with E-state index in [9.17, 15) is 4.79 Å². The summed E-state index contributed by atoms with van der Waals surface area (Å²) in [5.74, 6) is 3.32. The highest BCUT2D eigenvalue weighted by molar-refractivity contribution is 5.80. The van der Waals surface area contributed by atoms with Gasteiger partial charge in [-0.05, 0) is 45.1 Å². The van der Waals surface area contributed by atoms with Gasteiger partial charge in [0.25, 0.3) is 0 Å². The summed E-state index contributed by atoms with van der Waals surface area (Å²) in [4.78, 5) is 27.1. The van der Waals surface area contributed by atoms with Crippen LogP contribution in [-0.4, -0.2) is 47.0 Å². The lowest BCUT2D eigenvalue weighted by molar-refractivity contribution is -0.138. The van der Waals surface area contributed by atoms with Crippen LogP contribution < -0.4 is 4.90 Å². The molecule has 3 fully saturated rings. The van der Waals surface area contributed by atoms with Crippen molar-refractivity contribution < 1.29 is 4.79 Å². The van der Waals surface area contributed by atoms with Crippen LogP contribution >= 0.6 is 0 Å². The van der Waals surface area contributed by atoms with Gasteiger partial charge in [0.2, 0.25) is 5.91 Å². The molecular weight excluding hydrogens is 372 g/mol. The number of anilines is 1. The number of carbonyl (C=O) groups is 1. The Kier molecular flexibility index (Phi) is 5.21. The van der Waals surface area contributed by atoms with Gasteiger partial charge in [-0.15, -0.1) is 0 Å². The van der Waals surface area contributed by atoms with Crippen molar-refractivity contribution in [2.75, 3.05) is 31.1 Å². The number of hydrogen-bond donors (Lipinski definition) is 0. The van der Waals surface area contributed by atoms with Gasteiger partial charge in [-0.3, -0.25) is 4.79 Å². The molecule has 0 N–H and O–H groups in total. The van der Waals surface area contributed by atoms with E-state index in [1.165, 1.54) is 36.0 Å². The van der Waals surface area contributed by atoms with Gasteiger partial charge in [-0.1, -0.05) is 36.2 Å². The maximum absolute atomic E-state index is 12.6. The van der Waals surface area contributed by atoms with Crippen molar-refractivity contribution >= 4 is 11.7 Å². The molecule has 3 aliphatic rings. The van der Waals surface area contributed by atoms with E-state index in [4.69, 9.17) is 9.97 Å². The quantitative estimate of drug-likeness (QED) is 0.756. The minimum atomic E-state index is 0.288. The van der Waals surface area contributed by atoms with Gasteiger partial charge >= 0.3 is 0 Å². The third kappa shape index (κ3) is 3.94. The lowest BCUT2D eigenvalue weighted by atomic mass is 9.84. The number of aryl methyl sites for hydroxylation is 2. The van der Waals surface area contributed by atoms with Crippen LogP contribution in [-0.2, 0) is 11.2 Å². The Hall–Kier alpha value is -2.43. The molecule has 158 valence electrons. The maximum atomic E-state index is 12.6. The molecule has 1 aliphatic heterocycles. The Morgan fingerprint density at radius 2 is 1.67 bits per heavy atom. The summed E-state index contributed by atoms with van der Waals surface area (Å²) in [5, 5.41) is 0. The molecule has 2 saturated carbocycles. The minimum absolute atomic E-state index is 0.288. The second-order valence-electron chi connectivity index (χ2n) is 9.35. The number of benzene rings is 1. The zero-order chi connectivity index (χ0) is 20.7. The monoisotopic (exact) mass is 404 g/mol. The normalized spacial score (nSPS) is 19.7. The molecule has 5 heteroatoms. The fourth-order valence-electron chi connectivity index (χ4n) is 4.56. The smallest absolute Gasteiger partial charge is 0.225 e. The zero-order valence-corrected chi connectivity index (χ0v) is 18.2. The van der Waals surface area contributed by atoms with E-state index in [0.29, 0.717) is 11.8 Å². The van der Waals surface area contributed by atoms with Crippen LogP contribution in [0, 0.1) is 19.8 Å². The van der Waals surface area contributed by atoms with E-state index in [0.717, 1.165) is 62.8 Å². The molecule has 1 aromatic carbocycles. The Morgan fingerprint density at radius 3 is 2.27 bits per heavy atom. The number of rotatable bonds is 5. The fraction of sp³-hybridized carbons (Fsp3) is 0.560. The summed E-state index contributed by atoms with van der Waals surface area (Å²) in [5.41, 5.74) is 4.92. The van der Waals surface area contributed by atoms with Crippen LogP contribution in [0.1, 0.15) is 66.2 Å². The van der Waals surface area contributed by atoms with Gasteiger partial charge < -0.3 is 9.80 Å². The summed E-state index contributed by atoms with van der Waals surface area (Å²) < 4.78 is 0. The Morgan fingerprint density at radius 1 is 0.967 bits per heavy atom. The third-order valence-corrected chi connectivity index (χ3v) is 7.00. The van der Waals surface area contributed by atoms with Crippen LogP contribution in [0.3, 0.4) is 0 Å². The SMILES string of the molecule is Cc1ccc(Cc2c(C)nc(C3CC3)nc2N2CCN(C(=O)C3CCC3)CC2)cc1. The first-order chi connectivity index (χ1) is 14.6. The van der Waals surface area contributed by atoms with Crippen LogP contribution in [0.4, 0.5) is 5.82 Å². The minimum Gasteiger partial charge on any atom is -0.353 e. The molecule has 1 aromatic heterocycles. The maximum Gasteiger partial charge on any atom is 0.225 e. The average molecular weight is 405 g/mol. The number of amides is 1. The second kappa shape index (κ2) is 8.01. The van der Waals surface area contributed by atoms with E-state index >= 15 is 0 Å². The Bertz CT molecular complexity index is 923. The van der Waals surface area contributed by atoms with Crippen LogP contribution in [0.15, 0.2) is 24.3 Å². The van der Waals surface area contributed by atoms with Gasteiger partial charge in [0.05, 0.1) is 0 Å². The van der Waals surface area contributed by atoms with Crippen molar-refractivity contribution in [1.29, 1.82) is 0 Å².